The SMILES string of the molecule is CC(C)NC[C@@H](O)c1ccc2ccccc2c1. The molecule has 1 atom stereocenters. The van der Waals surface area contributed by atoms with E-state index in [-0.39, 0.29) is 0 Å². The van der Waals surface area contributed by atoms with E-state index in [1.807, 2.05) is 18.2 Å². The highest BCUT2D eigenvalue weighted by molar-refractivity contribution is 5.83. The molecule has 0 saturated carbocycles. The minimum atomic E-state index is -0.443. The van der Waals surface area contributed by atoms with Gasteiger partial charge in [0.25, 0.3) is 0 Å². The quantitative estimate of drug-likeness (QED) is 0.845. The molecule has 0 aliphatic carbocycles. The van der Waals surface area contributed by atoms with Crippen LogP contribution < -0.4 is 5.32 Å². The van der Waals surface area contributed by atoms with E-state index in [4.69, 9.17) is 0 Å². The summed E-state index contributed by atoms with van der Waals surface area (Å²) in [5, 5.41) is 15.7. The van der Waals surface area contributed by atoms with Gasteiger partial charge in [-0.15, -0.1) is 0 Å². The Labute approximate surface area is 102 Å². The van der Waals surface area contributed by atoms with Crippen molar-refractivity contribution in [2.75, 3.05) is 6.54 Å². The van der Waals surface area contributed by atoms with Crippen LogP contribution in [0.5, 0.6) is 0 Å². The summed E-state index contributed by atoms with van der Waals surface area (Å²) >= 11 is 0. The molecule has 0 amide bonds. The van der Waals surface area contributed by atoms with Crippen molar-refractivity contribution in [2.24, 2.45) is 0 Å². The van der Waals surface area contributed by atoms with Crippen LogP contribution in [-0.2, 0) is 0 Å². The van der Waals surface area contributed by atoms with Crippen molar-refractivity contribution in [3.05, 3.63) is 48.0 Å². The molecule has 0 unspecified atom stereocenters. The topological polar surface area (TPSA) is 32.3 Å². The van der Waals surface area contributed by atoms with Crippen molar-refractivity contribution in [3.8, 4) is 0 Å². The predicted octanol–water partition coefficient (Wildman–Crippen LogP) is 2.87. The lowest BCUT2D eigenvalue weighted by atomic mass is 10.0. The third-order valence-corrected chi connectivity index (χ3v) is 2.88. The standard InChI is InChI=1S/C15H19NO/c1-11(2)16-10-15(17)14-8-7-12-5-3-4-6-13(12)9-14/h3-9,11,15-17H,10H2,1-2H3/t15-/m1/s1. The first-order valence-corrected chi connectivity index (χ1v) is 6.07. The van der Waals surface area contributed by atoms with Crippen molar-refractivity contribution in [3.63, 3.8) is 0 Å². The van der Waals surface area contributed by atoms with Crippen LogP contribution in [0.3, 0.4) is 0 Å². The molecule has 90 valence electrons. The van der Waals surface area contributed by atoms with Gasteiger partial charge >= 0.3 is 0 Å². The Balaban J connectivity index is 2.18. The van der Waals surface area contributed by atoms with Crippen LogP contribution >= 0.6 is 0 Å². The summed E-state index contributed by atoms with van der Waals surface area (Å²) in [7, 11) is 0. The Morgan fingerprint density at radius 2 is 1.76 bits per heavy atom. The van der Waals surface area contributed by atoms with Crippen molar-refractivity contribution in [2.45, 2.75) is 26.0 Å². The normalized spacial score (nSPS) is 13.2. The van der Waals surface area contributed by atoms with Crippen LogP contribution in [-0.4, -0.2) is 17.7 Å². The van der Waals surface area contributed by atoms with Gasteiger partial charge in [-0.2, -0.15) is 0 Å². The minimum absolute atomic E-state index is 0.394. The highest BCUT2D eigenvalue weighted by atomic mass is 16.3. The van der Waals surface area contributed by atoms with Crippen LogP contribution in [0, 0.1) is 0 Å². The van der Waals surface area contributed by atoms with Gasteiger partial charge in [0, 0.05) is 12.6 Å². The summed E-state index contributed by atoms with van der Waals surface area (Å²) < 4.78 is 0. The maximum atomic E-state index is 10.1. The van der Waals surface area contributed by atoms with E-state index in [0.717, 1.165) is 5.56 Å². The van der Waals surface area contributed by atoms with Gasteiger partial charge < -0.3 is 10.4 Å². The minimum Gasteiger partial charge on any atom is -0.387 e. The highest BCUT2D eigenvalue weighted by Gasteiger charge is 2.08. The Morgan fingerprint density at radius 3 is 2.47 bits per heavy atom. The van der Waals surface area contributed by atoms with Gasteiger partial charge in [0.05, 0.1) is 6.10 Å². The molecule has 17 heavy (non-hydrogen) atoms. The molecule has 2 heteroatoms. The van der Waals surface area contributed by atoms with E-state index >= 15 is 0 Å². The average Bonchev–Trinajstić information content (AvgIpc) is 2.35. The molecule has 0 heterocycles. The Hall–Kier alpha value is -1.38. The number of aliphatic hydroxyl groups is 1. The molecule has 0 saturated heterocycles. The lowest BCUT2D eigenvalue weighted by Gasteiger charge is -2.15. The molecular weight excluding hydrogens is 210 g/mol. The second-order valence-electron chi connectivity index (χ2n) is 4.69. The van der Waals surface area contributed by atoms with E-state index in [1.54, 1.807) is 0 Å². The molecule has 0 fully saturated rings. The molecule has 2 aromatic rings. The van der Waals surface area contributed by atoms with Gasteiger partial charge in [-0.3, -0.25) is 0 Å². The van der Waals surface area contributed by atoms with Gasteiger partial charge in [-0.25, -0.2) is 0 Å². The molecule has 0 aromatic heterocycles. The number of benzene rings is 2. The van der Waals surface area contributed by atoms with E-state index in [0.29, 0.717) is 12.6 Å². The number of aliphatic hydroxyl groups excluding tert-OH is 1. The predicted molar refractivity (Wildman–Crippen MR) is 72.0 cm³/mol. The van der Waals surface area contributed by atoms with Gasteiger partial charge in [0.2, 0.25) is 0 Å². The van der Waals surface area contributed by atoms with Crippen LogP contribution in [0.2, 0.25) is 0 Å². The van der Waals surface area contributed by atoms with Crippen molar-refractivity contribution >= 4 is 10.8 Å². The lowest BCUT2D eigenvalue weighted by Crippen LogP contribution is -2.27. The first-order valence-electron chi connectivity index (χ1n) is 6.07. The molecule has 2 N–H and O–H groups in total. The number of rotatable bonds is 4. The zero-order valence-electron chi connectivity index (χ0n) is 10.4. The van der Waals surface area contributed by atoms with Crippen LogP contribution in [0.15, 0.2) is 42.5 Å². The van der Waals surface area contributed by atoms with Crippen LogP contribution in [0.25, 0.3) is 10.8 Å². The van der Waals surface area contributed by atoms with Gasteiger partial charge in [-0.1, -0.05) is 50.2 Å². The maximum absolute atomic E-state index is 10.1. The summed E-state index contributed by atoms with van der Waals surface area (Å²) in [6.07, 6.45) is -0.443. The molecule has 0 aliphatic rings. The fourth-order valence-corrected chi connectivity index (χ4v) is 1.88. The number of hydrogen-bond acceptors (Lipinski definition) is 2. The van der Waals surface area contributed by atoms with Gasteiger partial charge in [0.15, 0.2) is 0 Å². The summed E-state index contributed by atoms with van der Waals surface area (Å²) in [6.45, 7) is 4.75. The summed E-state index contributed by atoms with van der Waals surface area (Å²) in [4.78, 5) is 0. The second kappa shape index (κ2) is 5.30. The van der Waals surface area contributed by atoms with E-state index < -0.39 is 6.10 Å². The monoisotopic (exact) mass is 229 g/mol. The molecule has 2 rings (SSSR count). The third-order valence-electron chi connectivity index (χ3n) is 2.88. The second-order valence-corrected chi connectivity index (χ2v) is 4.69. The number of nitrogens with one attached hydrogen (secondary N) is 1. The van der Waals surface area contributed by atoms with Crippen molar-refractivity contribution < 1.29 is 5.11 Å². The summed E-state index contributed by atoms with van der Waals surface area (Å²) in [5.74, 6) is 0. The lowest BCUT2D eigenvalue weighted by molar-refractivity contribution is 0.172. The zero-order valence-corrected chi connectivity index (χ0v) is 10.4. The third kappa shape index (κ3) is 3.05. The highest BCUT2D eigenvalue weighted by Crippen LogP contribution is 2.20. The molecule has 0 spiro atoms. The van der Waals surface area contributed by atoms with Crippen molar-refractivity contribution in [1.82, 2.24) is 5.32 Å². The molecule has 2 nitrogen and oxygen atoms in total. The van der Waals surface area contributed by atoms with E-state index in [1.165, 1.54) is 10.8 Å². The Kier molecular flexibility index (Phi) is 3.77. The van der Waals surface area contributed by atoms with E-state index in [9.17, 15) is 5.11 Å². The molecular formula is C15H19NO. The molecule has 0 bridgehead atoms. The molecule has 2 aromatic carbocycles. The smallest absolute Gasteiger partial charge is 0.0914 e. The summed E-state index contributed by atoms with van der Waals surface area (Å²) in [6, 6.07) is 14.7. The van der Waals surface area contributed by atoms with Crippen molar-refractivity contribution in [1.29, 1.82) is 0 Å². The number of fused-ring (bicyclic) bond motifs is 1. The van der Waals surface area contributed by atoms with E-state index in [2.05, 4.69) is 43.4 Å². The number of hydrogen-bond donors (Lipinski definition) is 2. The summed E-state index contributed by atoms with van der Waals surface area (Å²) in [5.41, 5.74) is 0.969. The maximum Gasteiger partial charge on any atom is 0.0914 e. The van der Waals surface area contributed by atoms with Crippen LogP contribution in [0.4, 0.5) is 0 Å². The molecule has 0 radical (unpaired) electrons. The fourth-order valence-electron chi connectivity index (χ4n) is 1.88. The zero-order chi connectivity index (χ0) is 12.3. The first kappa shape index (κ1) is 12.1. The fraction of sp³-hybridized carbons (Fsp3) is 0.333. The molecule has 0 aliphatic heterocycles. The Bertz CT molecular complexity index is 493. The first-order chi connectivity index (χ1) is 8.16. The largest absolute Gasteiger partial charge is 0.387 e. The average molecular weight is 229 g/mol. The van der Waals surface area contributed by atoms with Gasteiger partial charge in [0.1, 0.15) is 0 Å². The Morgan fingerprint density at radius 1 is 1.06 bits per heavy atom. The van der Waals surface area contributed by atoms with Crippen LogP contribution in [0.1, 0.15) is 25.5 Å². The van der Waals surface area contributed by atoms with Gasteiger partial charge in [-0.05, 0) is 22.4 Å².